The lowest BCUT2D eigenvalue weighted by Crippen LogP contribution is -2.38. The Kier molecular flexibility index (Phi) is 5.83. The molecule has 1 fully saturated rings. The number of H-pyrrole nitrogens is 1. The predicted octanol–water partition coefficient (Wildman–Crippen LogP) is 3.03. The molecule has 0 radical (unpaired) electrons. The van der Waals surface area contributed by atoms with Gasteiger partial charge in [-0.1, -0.05) is 48.5 Å². The monoisotopic (exact) mass is 446 g/mol. The van der Waals surface area contributed by atoms with Gasteiger partial charge in [-0.25, -0.2) is 9.78 Å². The van der Waals surface area contributed by atoms with Crippen LogP contribution in [0.15, 0.2) is 59.4 Å². The van der Waals surface area contributed by atoms with E-state index in [2.05, 4.69) is 39.6 Å². The molecule has 1 aromatic heterocycles. The molecule has 2 heterocycles. The predicted molar refractivity (Wildman–Crippen MR) is 124 cm³/mol. The van der Waals surface area contributed by atoms with E-state index in [1.165, 1.54) is 28.3 Å². The molecule has 2 N–H and O–H groups in total. The second kappa shape index (κ2) is 9.07. The summed E-state index contributed by atoms with van der Waals surface area (Å²) in [6, 6.07) is 17.9. The van der Waals surface area contributed by atoms with Gasteiger partial charge in [0.05, 0.1) is 18.3 Å². The zero-order valence-electron chi connectivity index (χ0n) is 18.4. The minimum absolute atomic E-state index is 0.0287. The number of hydrogen-bond acceptors (Lipinski definition) is 6. The molecule has 2 aromatic carbocycles. The number of carbonyl (C=O) groups is 1. The fourth-order valence-electron chi connectivity index (χ4n) is 4.74. The van der Waals surface area contributed by atoms with E-state index in [4.69, 9.17) is 9.47 Å². The number of fused-ring (bicyclic) bond motifs is 3. The number of ether oxygens (including phenoxy) is 2. The summed E-state index contributed by atoms with van der Waals surface area (Å²) < 4.78 is 10.7. The largest absolute Gasteiger partial charge is 0.449 e. The van der Waals surface area contributed by atoms with E-state index in [9.17, 15) is 9.59 Å². The molecule has 0 bridgehead atoms. The smallest absolute Gasteiger partial charge is 0.407 e. The first-order valence-corrected chi connectivity index (χ1v) is 11.1. The number of nitrogens with zero attached hydrogens (tertiary/aromatic N) is 2. The molecule has 33 heavy (non-hydrogen) atoms. The SMILES string of the molecule is COCc1cc(=O)[nH]c(N2CCC(NC(=O)OCC3c4ccccc4-c4ccccc43)C2)n1. The van der Waals surface area contributed by atoms with E-state index in [1.54, 1.807) is 7.11 Å². The number of aromatic nitrogens is 2. The van der Waals surface area contributed by atoms with Gasteiger partial charge in [-0.05, 0) is 28.7 Å². The average molecular weight is 447 g/mol. The Morgan fingerprint density at radius 1 is 1.15 bits per heavy atom. The molecule has 8 nitrogen and oxygen atoms in total. The molecule has 1 amide bonds. The van der Waals surface area contributed by atoms with Gasteiger partial charge in [0.25, 0.3) is 5.56 Å². The lowest BCUT2D eigenvalue weighted by atomic mass is 9.98. The summed E-state index contributed by atoms with van der Waals surface area (Å²) in [5.74, 6) is 0.521. The number of aromatic amines is 1. The van der Waals surface area contributed by atoms with Gasteiger partial charge in [-0.2, -0.15) is 0 Å². The van der Waals surface area contributed by atoms with E-state index >= 15 is 0 Å². The summed E-state index contributed by atoms with van der Waals surface area (Å²) in [6.07, 6.45) is 0.306. The van der Waals surface area contributed by atoms with Crippen molar-refractivity contribution in [1.82, 2.24) is 15.3 Å². The van der Waals surface area contributed by atoms with Gasteiger partial charge >= 0.3 is 6.09 Å². The Bertz CT molecular complexity index is 1180. The van der Waals surface area contributed by atoms with E-state index in [-0.39, 0.29) is 30.7 Å². The number of rotatable bonds is 6. The topological polar surface area (TPSA) is 96.6 Å². The summed E-state index contributed by atoms with van der Waals surface area (Å²) in [6.45, 7) is 1.77. The second-order valence-corrected chi connectivity index (χ2v) is 8.39. The molecule has 2 aliphatic rings. The van der Waals surface area contributed by atoms with Crippen LogP contribution in [0.2, 0.25) is 0 Å². The Morgan fingerprint density at radius 3 is 2.55 bits per heavy atom. The summed E-state index contributed by atoms with van der Waals surface area (Å²) in [5, 5.41) is 2.96. The van der Waals surface area contributed by atoms with Crippen LogP contribution in [-0.4, -0.2) is 48.9 Å². The van der Waals surface area contributed by atoms with Crippen LogP contribution < -0.4 is 15.8 Å². The fourth-order valence-corrected chi connectivity index (χ4v) is 4.74. The molecule has 1 aliphatic heterocycles. The normalized spacial score (nSPS) is 17.0. The number of nitrogens with one attached hydrogen (secondary N) is 2. The molecular weight excluding hydrogens is 420 g/mol. The third-order valence-corrected chi connectivity index (χ3v) is 6.23. The average Bonchev–Trinajstić information content (AvgIpc) is 3.40. The lowest BCUT2D eigenvalue weighted by Gasteiger charge is -2.19. The number of methoxy groups -OCH3 is 1. The quantitative estimate of drug-likeness (QED) is 0.604. The highest BCUT2D eigenvalue weighted by atomic mass is 16.5. The van der Waals surface area contributed by atoms with Gasteiger partial charge in [-0.15, -0.1) is 0 Å². The fraction of sp³-hybridized carbons (Fsp3) is 0.320. The van der Waals surface area contributed by atoms with E-state index in [0.717, 1.165) is 6.42 Å². The summed E-state index contributed by atoms with van der Waals surface area (Å²) in [7, 11) is 1.56. The van der Waals surface area contributed by atoms with Crippen LogP contribution in [-0.2, 0) is 16.1 Å². The standard InChI is InChI=1S/C25H26N4O4/c1-32-14-17-12-23(30)28-24(26-17)29-11-10-16(13-29)27-25(31)33-15-22-20-8-4-2-6-18(20)19-7-3-5-9-21(19)22/h2-9,12,16,22H,10-11,13-15H2,1H3,(H,27,31)(H,26,28,30). The third kappa shape index (κ3) is 4.34. The van der Waals surface area contributed by atoms with Gasteiger partial charge in [0.2, 0.25) is 5.95 Å². The molecule has 3 aromatic rings. The maximum absolute atomic E-state index is 12.6. The van der Waals surface area contributed by atoms with Crippen molar-refractivity contribution < 1.29 is 14.3 Å². The van der Waals surface area contributed by atoms with Crippen LogP contribution in [0, 0.1) is 0 Å². The molecule has 0 saturated carbocycles. The first-order valence-electron chi connectivity index (χ1n) is 11.1. The van der Waals surface area contributed by atoms with Crippen molar-refractivity contribution in [2.75, 3.05) is 31.7 Å². The third-order valence-electron chi connectivity index (χ3n) is 6.23. The number of hydrogen-bond donors (Lipinski definition) is 2. The zero-order valence-corrected chi connectivity index (χ0v) is 18.4. The Morgan fingerprint density at radius 2 is 1.85 bits per heavy atom. The van der Waals surface area contributed by atoms with Gasteiger partial charge < -0.3 is 19.7 Å². The molecular formula is C25H26N4O4. The zero-order chi connectivity index (χ0) is 22.8. The lowest BCUT2D eigenvalue weighted by molar-refractivity contribution is 0.140. The molecule has 0 spiro atoms. The number of alkyl carbamates (subject to hydrolysis) is 1. The molecule has 8 heteroatoms. The number of anilines is 1. The molecule has 170 valence electrons. The van der Waals surface area contributed by atoms with Gasteiger partial charge in [0, 0.05) is 32.2 Å². The van der Waals surface area contributed by atoms with Gasteiger partial charge in [0.1, 0.15) is 6.61 Å². The summed E-state index contributed by atoms with van der Waals surface area (Å²) >= 11 is 0. The van der Waals surface area contributed by atoms with Crippen molar-refractivity contribution in [2.24, 2.45) is 0 Å². The van der Waals surface area contributed by atoms with Crippen LogP contribution in [0.4, 0.5) is 10.7 Å². The molecule has 1 unspecified atom stereocenters. The highest BCUT2D eigenvalue weighted by Crippen LogP contribution is 2.44. The van der Waals surface area contributed by atoms with Crippen LogP contribution in [0.3, 0.4) is 0 Å². The molecule has 1 atom stereocenters. The first-order chi connectivity index (χ1) is 16.1. The van der Waals surface area contributed by atoms with E-state index in [1.807, 2.05) is 29.2 Å². The number of carbonyl (C=O) groups excluding carboxylic acids is 1. The first kappa shape index (κ1) is 21.2. The summed E-state index contributed by atoms with van der Waals surface area (Å²) in [5.41, 5.74) is 5.12. The highest BCUT2D eigenvalue weighted by Gasteiger charge is 2.30. The van der Waals surface area contributed by atoms with Crippen molar-refractivity contribution in [3.63, 3.8) is 0 Å². The minimum Gasteiger partial charge on any atom is -0.449 e. The Labute approximate surface area is 191 Å². The Hall–Kier alpha value is -3.65. The van der Waals surface area contributed by atoms with Crippen LogP contribution in [0.5, 0.6) is 0 Å². The molecule has 5 rings (SSSR count). The summed E-state index contributed by atoms with van der Waals surface area (Å²) in [4.78, 5) is 33.7. The van der Waals surface area contributed by atoms with E-state index < -0.39 is 6.09 Å². The van der Waals surface area contributed by atoms with Crippen molar-refractivity contribution in [3.05, 3.63) is 81.8 Å². The molecule has 1 saturated heterocycles. The van der Waals surface area contributed by atoms with Crippen molar-refractivity contribution >= 4 is 12.0 Å². The molecule has 1 aliphatic carbocycles. The van der Waals surface area contributed by atoms with Crippen molar-refractivity contribution in [2.45, 2.75) is 25.0 Å². The van der Waals surface area contributed by atoms with Crippen LogP contribution >= 0.6 is 0 Å². The van der Waals surface area contributed by atoms with Crippen LogP contribution in [0.1, 0.15) is 29.2 Å². The van der Waals surface area contributed by atoms with Crippen LogP contribution in [0.25, 0.3) is 11.1 Å². The maximum atomic E-state index is 12.6. The van der Waals surface area contributed by atoms with Gasteiger partial charge in [-0.3, -0.25) is 9.78 Å². The number of benzene rings is 2. The number of amides is 1. The Balaban J connectivity index is 1.20. The minimum atomic E-state index is -0.432. The maximum Gasteiger partial charge on any atom is 0.407 e. The second-order valence-electron chi connectivity index (χ2n) is 8.39. The van der Waals surface area contributed by atoms with Crippen molar-refractivity contribution in [1.29, 1.82) is 0 Å². The van der Waals surface area contributed by atoms with E-state index in [0.29, 0.717) is 24.7 Å². The van der Waals surface area contributed by atoms with Crippen molar-refractivity contribution in [3.8, 4) is 11.1 Å². The highest BCUT2D eigenvalue weighted by molar-refractivity contribution is 5.79. The van der Waals surface area contributed by atoms with Gasteiger partial charge in [0.15, 0.2) is 0 Å².